The lowest BCUT2D eigenvalue weighted by molar-refractivity contribution is 0.302. The highest BCUT2D eigenvalue weighted by molar-refractivity contribution is 7.71. The molecule has 1 aromatic heterocycles. The Balaban J connectivity index is 2.37. The summed E-state index contributed by atoms with van der Waals surface area (Å²) in [5.74, 6) is 0.712. The molecule has 0 aliphatic rings. The summed E-state index contributed by atoms with van der Waals surface area (Å²) in [6.45, 7) is 7.69. The molecule has 158 valence electrons. The van der Waals surface area contributed by atoms with Gasteiger partial charge in [-0.2, -0.15) is 0 Å². The first kappa shape index (κ1) is 22.6. The van der Waals surface area contributed by atoms with Crippen LogP contribution in [0.3, 0.4) is 0 Å². The first-order valence-electron chi connectivity index (χ1n) is 9.49. The number of aromatic amines is 1. The van der Waals surface area contributed by atoms with Crippen molar-refractivity contribution in [3.05, 3.63) is 38.9 Å². The number of aromatic nitrogens is 2. The van der Waals surface area contributed by atoms with Gasteiger partial charge in [-0.3, -0.25) is 19.3 Å². The van der Waals surface area contributed by atoms with Gasteiger partial charge in [-0.05, 0) is 50.4 Å². The van der Waals surface area contributed by atoms with Gasteiger partial charge in [-0.15, -0.1) is 0 Å². The van der Waals surface area contributed by atoms with Crippen molar-refractivity contribution in [3.63, 3.8) is 0 Å². The van der Waals surface area contributed by atoms with Gasteiger partial charge in [0.2, 0.25) is 5.88 Å². The molecule has 2 N–H and O–H groups in total. The van der Waals surface area contributed by atoms with Crippen LogP contribution in [0.2, 0.25) is 0 Å². The van der Waals surface area contributed by atoms with E-state index in [1.54, 1.807) is 18.2 Å². The number of aliphatic imine (C=N–C) groups is 1. The van der Waals surface area contributed by atoms with E-state index in [-0.39, 0.29) is 16.2 Å². The fourth-order valence-corrected chi connectivity index (χ4v) is 3.21. The maximum Gasteiger partial charge on any atom is 0.264 e. The summed E-state index contributed by atoms with van der Waals surface area (Å²) in [7, 11) is 3.05. The lowest BCUT2D eigenvalue weighted by atomic mass is 10.2. The molecule has 8 nitrogen and oxygen atoms in total. The quantitative estimate of drug-likeness (QED) is 0.349. The highest BCUT2D eigenvalue weighted by Gasteiger charge is 2.16. The summed E-state index contributed by atoms with van der Waals surface area (Å²) in [5.41, 5.74) is -0.0220. The molecule has 2 rings (SSSR count). The highest BCUT2D eigenvalue weighted by Crippen LogP contribution is 2.30. The molecule has 1 aromatic carbocycles. The molecule has 0 fully saturated rings. The molecule has 0 saturated carbocycles. The number of hydrogen-bond donors (Lipinski definition) is 2. The van der Waals surface area contributed by atoms with Crippen LogP contribution in [-0.4, -0.2) is 66.2 Å². The van der Waals surface area contributed by atoms with Gasteiger partial charge >= 0.3 is 0 Å². The molecule has 0 aliphatic carbocycles. The Hall–Kier alpha value is -2.65. The summed E-state index contributed by atoms with van der Waals surface area (Å²) in [5, 5.41) is 10.8. The van der Waals surface area contributed by atoms with Gasteiger partial charge in [-0.1, -0.05) is 13.8 Å². The monoisotopic (exact) mass is 420 g/mol. The number of ether oxygens (including phenoxy) is 2. The molecule has 0 radical (unpaired) electrons. The first-order valence-corrected chi connectivity index (χ1v) is 9.90. The third kappa shape index (κ3) is 5.45. The zero-order valence-corrected chi connectivity index (χ0v) is 18.1. The van der Waals surface area contributed by atoms with Crippen molar-refractivity contribution < 1.29 is 14.6 Å². The maximum atomic E-state index is 12.3. The number of nitrogens with one attached hydrogen (secondary N) is 1. The highest BCUT2D eigenvalue weighted by atomic mass is 32.1. The zero-order valence-electron chi connectivity index (χ0n) is 17.3. The number of hydrogen-bond acceptors (Lipinski definition) is 7. The van der Waals surface area contributed by atoms with E-state index in [0.717, 1.165) is 26.1 Å². The van der Waals surface area contributed by atoms with Crippen molar-refractivity contribution in [3.8, 4) is 23.1 Å². The van der Waals surface area contributed by atoms with Crippen molar-refractivity contribution in [1.29, 1.82) is 0 Å². The number of H-pyrrole nitrogens is 1. The van der Waals surface area contributed by atoms with E-state index in [2.05, 4.69) is 28.7 Å². The fraction of sp³-hybridized carbons (Fsp3) is 0.450. The second-order valence-electron chi connectivity index (χ2n) is 6.29. The first-order chi connectivity index (χ1) is 14.0. The molecular weight excluding hydrogens is 392 g/mol. The van der Waals surface area contributed by atoms with Crippen LogP contribution in [0.4, 0.5) is 0 Å². The predicted octanol–water partition coefficient (Wildman–Crippen LogP) is 2.77. The van der Waals surface area contributed by atoms with E-state index in [1.807, 2.05) is 0 Å². The molecule has 1 heterocycles. The van der Waals surface area contributed by atoms with E-state index in [1.165, 1.54) is 25.0 Å². The summed E-state index contributed by atoms with van der Waals surface area (Å²) in [6, 6.07) is 5.09. The van der Waals surface area contributed by atoms with Crippen LogP contribution in [0.1, 0.15) is 25.8 Å². The summed E-state index contributed by atoms with van der Waals surface area (Å²) < 4.78 is 12.0. The van der Waals surface area contributed by atoms with Gasteiger partial charge in [-0.25, -0.2) is 0 Å². The van der Waals surface area contributed by atoms with E-state index < -0.39 is 5.56 Å². The normalized spacial score (nSPS) is 11.3. The Morgan fingerprint density at radius 1 is 1.28 bits per heavy atom. The SMILES string of the molecule is CCN(CC)CCCN=Cc1c(O)n(-c2cc(OC)ccc2OC)c(=S)[nH]c1=O. The molecule has 0 aliphatic heterocycles. The largest absolute Gasteiger partial charge is 0.497 e. The Morgan fingerprint density at radius 2 is 2.00 bits per heavy atom. The predicted molar refractivity (Wildman–Crippen MR) is 117 cm³/mol. The average molecular weight is 421 g/mol. The van der Waals surface area contributed by atoms with Crippen LogP contribution in [0.25, 0.3) is 5.69 Å². The minimum absolute atomic E-state index is 0.0336. The third-order valence-corrected chi connectivity index (χ3v) is 4.91. The second kappa shape index (κ2) is 10.8. The maximum absolute atomic E-state index is 12.3. The van der Waals surface area contributed by atoms with Gasteiger partial charge in [0, 0.05) is 18.8 Å². The van der Waals surface area contributed by atoms with Gasteiger partial charge in [0.15, 0.2) is 4.77 Å². The molecule has 0 spiro atoms. The summed E-state index contributed by atoms with van der Waals surface area (Å²) >= 11 is 5.27. The molecule has 29 heavy (non-hydrogen) atoms. The molecule has 2 aromatic rings. The summed E-state index contributed by atoms with van der Waals surface area (Å²) in [6.07, 6.45) is 2.24. The lowest BCUT2D eigenvalue weighted by Gasteiger charge is -2.16. The smallest absolute Gasteiger partial charge is 0.264 e. The standard InChI is InChI=1S/C20H28N4O4S/c1-5-23(6-2)11-7-10-21-13-15-18(25)22-20(29)24(19(15)26)16-12-14(27-3)8-9-17(16)28-4/h8-9,12-13,26H,5-7,10-11H2,1-4H3,(H,22,25,29). The average Bonchev–Trinajstić information content (AvgIpc) is 2.72. The van der Waals surface area contributed by atoms with Crippen molar-refractivity contribution in [2.75, 3.05) is 40.4 Å². The molecule has 9 heteroatoms. The van der Waals surface area contributed by atoms with E-state index in [9.17, 15) is 9.90 Å². The number of methoxy groups -OCH3 is 2. The van der Waals surface area contributed by atoms with Gasteiger partial charge < -0.3 is 19.5 Å². The molecule has 0 amide bonds. The molecule has 0 bridgehead atoms. The number of rotatable bonds is 10. The van der Waals surface area contributed by atoms with Crippen molar-refractivity contribution in [2.24, 2.45) is 4.99 Å². The number of aromatic hydroxyl groups is 1. The minimum Gasteiger partial charge on any atom is -0.497 e. The molecule has 0 atom stereocenters. The third-order valence-electron chi connectivity index (χ3n) is 4.62. The minimum atomic E-state index is -0.502. The fourth-order valence-electron chi connectivity index (χ4n) is 2.93. The van der Waals surface area contributed by atoms with Crippen LogP contribution < -0.4 is 15.0 Å². The van der Waals surface area contributed by atoms with Crippen LogP contribution in [0.15, 0.2) is 28.0 Å². The van der Waals surface area contributed by atoms with E-state index in [0.29, 0.717) is 23.7 Å². The van der Waals surface area contributed by atoms with Gasteiger partial charge in [0.25, 0.3) is 5.56 Å². The van der Waals surface area contributed by atoms with Crippen LogP contribution in [0.5, 0.6) is 17.4 Å². The number of benzene rings is 1. The molecular formula is C20H28N4O4S. The Labute approximate surface area is 175 Å². The van der Waals surface area contributed by atoms with E-state index >= 15 is 0 Å². The van der Waals surface area contributed by atoms with Crippen molar-refractivity contribution in [1.82, 2.24) is 14.5 Å². The Bertz CT molecular complexity index is 964. The van der Waals surface area contributed by atoms with Crippen molar-refractivity contribution in [2.45, 2.75) is 20.3 Å². The van der Waals surface area contributed by atoms with E-state index in [4.69, 9.17) is 21.7 Å². The van der Waals surface area contributed by atoms with Crippen molar-refractivity contribution >= 4 is 18.4 Å². The topological polar surface area (TPSA) is 92.1 Å². The summed E-state index contributed by atoms with van der Waals surface area (Å²) in [4.78, 5) is 21.5. The van der Waals surface area contributed by atoms with Crippen LogP contribution in [-0.2, 0) is 0 Å². The lowest BCUT2D eigenvalue weighted by Crippen LogP contribution is -2.24. The second-order valence-corrected chi connectivity index (χ2v) is 6.67. The van der Waals surface area contributed by atoms with Gasteiger partial charge in [0.05, 0.1) is 19.9 Å². The van der Waals surface area contributed by atoms with Crippen LogP contribution >= 0.6 is 12.2 Å². The Kier molecular flexibility index (Phi) is 8.41. The van der Waals surface area contributed by atoms with Gasteiger partial charge in [0.1, 0.15) is 17.1 Å². The molecule has 0 unspecified atom stereocenters. The van der Waals surface area contributed by atoms with Crippen LogP contribution in [0, 0.1) is 4.77 Å². The number of nitrogens with zero attached hydrogens (tertiary/aromatic N) is 3. The molecule has 0 saturated heterocycles. The zero-order chi connectivity index (χ0) is 21.4. The Morgan fingerprint density at radius 3 is 2.62 bits per heavy atom.